The number of hydrogen-bond acceptors (Lipinski definition) is 5. The Bertz CT molecular complexity index is 697. The van der Waals surface area contributed by atoms with Crippen LogP contribution >= 0.6 is 0 Å². The van der Waals surface area contributed by atoms with Gasteiger partial charge in [0.1, 0.15) is 5.82 Å². The number of carbonyl (C=O) groups excluding carboxylic acids is 1. The highest BCUT2D eigenvalue weighted by Gasteiger charge is 2.58. The van der Waals surface area contributed by atoms with Crippen molar-refractivity contribution in [1.29, 1.82) is 0 Å². The minimum absolute atomic E-state index is 0.0667. The number of aliphatic hydroxyl groups is 3. The monoisotopic (exact) mass is 376 g/mol. The lowest BCUT2D eigenvalue weighted by molar-refractivity contribution is -0.185. The fourth-order valence-corrected chi connectivity index (χ4v) is 5.61. The molecular weight excluding hydrogens is 344 g/mol. The quantitative estimate of drug-likeness (QED) is 0.646. The zero-order valence-corrected chi connectivity index (χ0v) is 16.5. The van der Waals surface area contributed by atoms with Crippen molar-refractivity contribution in [1.82, 2.24) is 4.98 Å². The standard InChI is InChI=1S/C21H32N2O4/c1-13-5-4-6-18(22-13)23-19(27)11-14-15(25)7-8-16-20(14,2)10-9-17(26)21(16,3)12-24/h4-6,14-17,24-26H,7-12H2,1-3H3,(H,22,23,27)/t14-,15-,16?,17-,20+,21+/m1/s1. The molecular formula is C21H32N2O4. The fourth-order valence-electron chi connectivity index (χ4n) is 5.61. The Morgan fingerprint density at radius 1 is 1.26 bits per heavy atom. The van der Waals surface area contributed by atoms with Crippen molar-refractivity contribution in [2.24, 2.45) is 22.7 Å². The van der Waals surface area contributed by atoms with Crippen molar-refractivity contribution in [3.05, 3.63) is 23.9 Å². The number of amides is 1. The number of nitrogens with one attached hydrogen (secondary N) is 1. The Morgan fingerprint density at radius 3 is 2.67 bits per heavy atom. The first-order chi connectivity index (χ1) is 12.7. The number of fused-ring (bicyclic) bond motifs is 1. The van der Waals surface area contributed by atoms with Gasteiger partial charge in [0.05, 0.1) is 18.8 Å². The van der Waals surface area contributed by atoms with E-state index in [4.69, 9.17) is 0 Å². The van der Waals surface area contributed by atoms with Crippen LogP contribution in [0.2, 0.25) is 0 Å². The predicted octanol–water partition coefficient (Wildman–Crippen LogP) is 2.27. The van der Waals surface area contributed by atoms with Crippen molar-refractivity contribution in [3.63, 3.8) is 0 Å². The summed E-state index contributed by atoms with van der Waals surface area (Å²) in [6.45, 7) is 5.83. The summed E-state index contributed by atoms with van der Waals surface area (Å²) in [5.74, 6) is 0.221. The molecule has 1 aromatic rings. The molecule has 0 saturated heterocycles. The van der Waals surface area contributed by atoms with E-state index in [1.807, 2.05) is 26.0 Å². The second-order valence-electron chi connectivity index (χ2n) is 8.94. The molecule has 3 rings (SSSR count). The molecule has 150 valence electrons. The Morgan fingerprint density at radius 2 is 2.00 bits per heavy atom. The van der Waals surface area contributed by atoms with Crippen LogP contribution in [0.4, 0.5) is 5.82 Å². The summed E-state index contributed by atoms with van der Waals surface area (Å²) < 4.78 is 0. The lowest BCUT2D eigenvalue weighted by Gasteiger charge is -2.60. The third kappa shape index (κ3) is 3.62. The maximum absolute atomic E-state index is 12.7. The third-order valence-electron chi connectivity index (χ3n) is 7.27. The van der Waals surface area contributed by atoms with E-state index in [1.54, 1.807) is 6.07 Å². The van der Waals surface area contributed by atoms with Crippen LogP contribution < -0.4 is 5.32 Å². The number of carbonyl (C=O) groups is 1. The maximum Gasteiger partial charge on any atom is 0.225 e. The van der Waals surface area contributed by atoms with Crippen LogP contribution in [-0.4, -0.2) is 45.0 Å². The van der Waals surface area contributed by atoms with Gasteiger partial charge in [0.25, 0.3) is 0 Å². The van der Waals surface area contributed by atoms with Gasteiger partial charge in [-0.3, -0.25) is 4.79 Å². The topological polar surface area (TPSA) is 103 Å². The van der Waals surface area contributed by atoms with E-state index in [1.165, 1.54) is 0 Å². The number of aryl methyl sites for hydroxylation is 1. The van der Waals surface area contributed by atoms with Crippen molar-refractivity contribution in [2.75, 3.05) is 11.9 Å². The molecule has 0 aromatic carbocycles. The second kappa shape index (κ2) is 7.49. The molecule has 2 saturated carbocycles. The molecule has 1 heterocycles. The summed E-state index contributed by atoms with van der Waals surface area (Å²) in [6, 6.07) is 5.47. The van der Waals surface area contributed by atoms with Gasteiger partial charge in [0.15, 0.2) is 0 Å². The first kappa shape index (κ1) is 20.2. The van der Waals surface area contributed by atoms with Crippen LogP contribution in [0.3, 0.4) is 0 Å². The number of hydrogen-bond donors (Lipinski definition) is 4. The first-order valence-corrected chi connectivity index (χ1v) is 9.91. The van der Waals surface area contributed by atoms with Gasteiger partial charge in [-0.1, -0.05) is 19.9 Å². The third-order valence-corrected chi connectivity index (χ3v) is 7.27. The van der Waals surface area contributed by atoms with E-state index in [2.05, 4.69) is 17.2 Å². The maximum atomic E-state index is 12.7. The highest BCUT2D eigenvalue weighted by atomic mass is 16.3. The molecule has 6 heteroatoms. The Kier molecular flexibility index (Phi) is 5.62. The fraction of sp³-hybridized carbons (Fsp3) is 0.714. The lowest BCUT2D eigenvalue weighted by Crippen LogP contribution is -2.60. The molecule has 1 unspecified atom stereocenters. The molecule has 2 aliphatic rings. The Balaban J connectivity index is 1.80. The molecule has 0 radical (unpaired) electrons. The molecule has 6 nitrogen and oxygen atoms in total. The minimum Gasteiger partial charge on any atom is -0.396 e. The molecule has 2 aliphatic carbocycles. The van der Waals surface area contributed by atoms with Gasteiger partial charge in [-0.2, -0.15) is 0 Å². The number of aromatic nitrogens is 1. The average Bonchev–Trinajstić information content (AvgIpc) is 2.62. The largest absolute Gasteiger partial charge is 0.396 e. The van der Waals surface area contributed by atoms with E-state index in [0.717, 1.165) is 18.5 Å². The van der Waals surface area contributed by atoms with Gasteiger partial charge in [-0.15, -0.1) is 0 Å². The zero-order valence-electron chi connectivity index (χ0n) is 16.5. The van der Waals surface area contributed by atoms with Crippen LogP contribution in [0.15, 0.2) is 18.2 Å². The van der Waals surface area contributed by atoms with Crippen molar-refractivity contribution in [2.45, 2.75) is 65.1 Å². The summed E-state index contributed by atoms with van der Waals surface area (Å²) in [6.07, 6.45) is 1.76. The smallest absolute Gasteiger partial charge is 0.225 e. The number of aliphatic hydroxyl groups excluding tert-OH is 3. The SMILES string of the molecule is Cc1cccc(NC(=O)C[C@@H]2[C@H](O)CCC3[C@](C)(CO)[C@H](O)CC[C@]32C)n1. The second-order valence-corrected chi connectivity index (χ2v) is 8.94. The minimum atomic E-state index is -0.597. The lowest BCUT2D eigenvalue weighted by atomic mass is 9.46. The van der Waals surface area contributed by atoms with Gasteiger partial charge in [-0.05, 0) is 62.0 Å². The molecule has 0 bridgehead atoms. The van der Waals surface area contributed by atoms with Crippen molar-refractivity contribution >= 4 is 11.7 Å². The van der Waals surface area contributed by atoms with Crippen LogP contribution in [0.25, 0.3) is 0 Å². The first-order valence-electron chi connectivity index (χ1n) is 9.91. The Hall–Kier alpha value is -1.50. The van der Waals surface area contributed by atoms with Crippen molar-refractivity contribution < 1.29 is 20.1 Å². The Labute approximate surface area is 161 Å². The van der Waals surface area contributed by atoms with Crippen LogP contribution in [0.5, 0.6) is 0 Å². The van der Waals surface area contributed by atoms with Gasteiger partial charge in [-0.25, -0.2) is 4.98 Å². The van der Waals surface area contributed by atoms with Crippen LogP contribution in [0.1, 0.15) is 51.6 Å². The number of pyridine rings is 1. The van der Waals surface area contributed by atoms with E-state index < -0.39 is 17.6 Å². The molecule has 1 amide bonds. The summed E-state index contributed by atoms with van der Waals surface area (Å²) in [4.78, 5) is 17.0. The molecule has 4 N–H and O–H groups in total. The molecule has 6 atom stereocenters. The summed E-state index contributed by atoms with van der Waals surface area (Å²) in [5, 5.41) is 34.1. The predicted molar refractivity (Wildman–Crippen MR) is 103 cm³/mol. The van der Waals surface area contributed by atoms with Crippen LogP contribution in [0, 0.1) is 29.6 Å². The van der Waals surface area contributed by atoms with E-state index >= 15 is 0 Å². The average molecular weight is 376 g/mol. The molecule has 0 spiro atoms. The zero-order chi connectivity index (χ0) is 19.8. The summed E-state index contributed by atoms with van der Waals surface area (Å²) in [7, 11) is 0. The van der Waals surface area contributed by atoms with E-state index in [9.17, 15) is 20.1 Å². The van der Waals surface area contributed by atoms with Gasteiger partial charge in [0, 0.05) is 17.5 Å². The summed E-state index contributed by atoms with van der Waals surface area (Å²) in [5.41, 5.74) is -0.0661. The normalized spacial score (nSPS) is 38.9. The number of nitrogens with zero attached hydrogens (tertiary/aromatic N) is 1. The number of anilines is 1. The highest BCUT2D eigenvalue weighted by molar-refractivity contribution is 5.90. The van der Waals surface area contributed by atoms with Crippen LogP contribution in [-0.2, 0) is 4.79 Å². The van der Waals surface area contributed by atoms with Gasteiger partial charge < -0.3 is 20.6 Å². The van der Waals surface area contributed by atoms with Crippen molar-refractivity contribution in [3.8, 4) is 0 Å². The van der Waals surface area contributed by atoms with E-state index in [-0.39, 0.29) is 36.2 Å². The summed E-state index contributed by atoms with van der Waals surface area (Å²) >= 11 is 0. The molecule has 2 fully saturated rings. The number of rotatable bonds is 4. The molecule has 1 aromatic heterocycles. The van der Waals surface area contributed by atoms with Gasteiger partial charge >= 0.3 is 0 Å². The van der Waals surface area contributed by atoms with Gasteiger partial charge in [0.2, 0.25) is 5.91 Å². The highest BCUT2D eigenvalue weighted by Crippen LogP contribution is 2.60. The molecule has 0 aliphatic heterocycles. The van der Waals surface area contributed by atoms with E-state index in [0.29, 0.717) is 18.7 Å². The molecule has 27 heavy (non-hydrogen) atoms.